The van der Waals surface area contributed by atoms with Gasteiger partial charge in [-0.3, -0.25) is 4.79 Å². The van der Waals surface area contributed by atoms with Crippen molar-refractivity contribution in [2.75, 3.05) is 0 Å². The Balaban J connectivity index is 2.47. The quantitative estimate of drug-likeness (QED) is 0.580. The number of ketones is 1. The molecule has 1 aliphatic heterocycles. The van der Waals surface area contributed by atoms with E-state index >= 15 is 0 Å². The van der Waals surface area contributed by atoms with Crippen molar-refractivity contribution < 1.29 is 9.53 Å². The monoisotopic (exact) mass is 161 g/mol. The highest BCUT2D eigenvalue weighted by Crippen LogP contribution is 2.26. The molecule has 1 aromatic rings. The fourth-order valence-electron chi connectivity index (χ4n) is 1.34. The number of fused-ring (bicyclic) bond motifs is 1. The molecular formula is C10H9O2. The van der Waals surface area contributed by atoms with Crippen molar-refractivity contribution in [3.8, 4) is 5.75 Å². The molecule has 1 aliphatic rings. The smallest absolute Gasteiger partial charge is 0.170 e. The van der Waals surface area contributed by atoms with Gasteiger partial charge in [0.25, 0.3) is 0 Å². The van der Waals surface area contributed by atoms with Gasteiger partial charge in [0.1, 0.15) is 11.9 Å². The molecule has 1 radical (unpaired) electrons. The lowest BCUT2D eigenvalue weighted by molar-refractivity contribution is 0.0892. The van der Waals surface area contributed by atoms with Crippen LogP contribution in [0.15, 0.2) is 24.3 Å². The summed E-state index contributed by atoms with van der Waals surface area (Å²) in [6, 6.07) is 7.27. The number of hydrogen-bond donors (Lipinski definition) is 0. The molecule has 0 amide bonds. The van der Waals surface area contributed by atoms with E-state index in [2.05, 4.69) is 6.92 Å². The average molecular weight is 161 g/mol. The predicted molar refractivity (Wildman–Crippen MR) is 45.2 cm³/mol. The number of carbonyl (C=O) groups is 1. The maximum atomic E-state index is 11.4. The van der Waals surface area contributed by atoms with Gasteiger partial charge in [0, 0.05) is 6.42 Å². The molecule has 2 heteroatoms. The minimum absolute atomic E-state index is 0.122. The molecule has 0 bridgehead atoms. The Labute approximate surface area is 71.2 Å². The van der Waals surface area contributed by atoms with Crippen LogP contribution in [0.25, 0.3) is 0 Å². The second kappa shape index (κ2) is 2.63. The van der Waals surface area contributed by atoms with Crippen molar-refractivity contribution in [1.82, 2.24) is 0 Å². The first-order chi connectivity index (χ1) is 5.77. The van der Waals surface area contributed by atoms with Crippen molar-refractivity contribution in [1.29, 1.82) is 0 Å². The summed E-state index contributed by atoms with van der Waals surface area (Å²) in [6.45, 7) is 3.70. The van der Waals surface area contributed by atoms with Crippen molar-refractivity contribution in [3.05, 3.63) is 36.8 Å². The molecule has 1 aromatic carbocycles. The molecule has 0 fully saturated rings. The highest BCUT2D eigenvalue weighted by atomic mass is 16.5. The second-order valence-electron chi connectivity index (χ2n) is 2.86. The lowest BCUT2D eigenvalue weighted by atomic mass is 10.0. The third-order valence-electron chi connectivity index (χ3n) is 1.89. The molecular weight excluding hydrogens is 152 g/mol. The van der Waals surface area contributed by atoms with E-state index < -0.39 is 0 Å². The lowest BCUT2D eigenvalue weighted by Gasteiger charge is -2.21. The summed E-state index contributed by atoms with van der Waals surface area (Å²) in [5.41, 5.74) is 0.678. The van der Waals surface area contributed by atoms with Gasteiger partial charge in [0.2, 0.25) is 0 Å². The van der Waals surface area contributed by atoms with Gasteiger partial charge < -0.3 is 4.74 Å². The Morgan fingerprint density at radius 1 is 1.42 bits per heavy atom. The van der Waals surface area contributed by atoms with Crippen LogP contribution in [0.2, 0.25) is 0 Å². The van der Waals surface area contributed by atoms with Crippen LogP contribution in [-0.4, -0.2) is 11.9 Å². The Morgan fingerprint density at radius 2 is 2.17 bits per heavy atom. The van der Waals surface area contributed by atoms with Gasteiger partial charge in [0.15, 0.2) is 5.78 Å². The number of para-hydroxylation sites is 1. The van der Waals surface area contributed by atoms with Crippen LogP contribution in [0, 0.1) is 6.92 Å². The Morgan fingerprint density at radius 3 is 3.00 bits per heavy atom. The van der Waals surface area contributed by atoms with E-state index in [-0.39, 0.29) is 11.9 Å². The van der Waals surface area contributed by atoms with Crippen LogP contribution in [0.1, 0.15) is 16.8 Å². The van der Waals surface area contributed by atoms with Gasteiger partial charge in [-0.25, -0.2) is 0 Å². The van der Waals surface area contributed by atoms with Gasteiger partial charge in [-0.05, 0) is 19.1 Å². The number of rotatable bonds is 0. The topological polar surface area (TPSA) is 26.3 Å². The molecule has 0 spiro atoms. The summed E-state index contributed by atoms with van der Waals surface area (Å²) in [7, 11) is 0. The number of Topliss-reactive ketones (excluding diaryl/α,β-unsaturated/α-hetero) is 1. The first kappa shape index (κ1) is 7.35. The van der Waals surface area contributed by atoms with Crippen LogP contribution >= 0.6 is 0 Å². The maximum Gasteiger partial charge on any atom is 0.170 e. The Bertz CT molecular complexity index is 317. The fraction of sp³-hybridized carbons (Fsp3) is 0.200. The molecule has 0 aromatic heterocycles. The van der Waals surface area contributed by atoms with Crippen molar-refractivity contribution in [2.24, 2.45) is 0 Å². The van der Waals surface area contributed by atoms with E-state index in [0.29, 0.717) is 17.7 Å². The molecule has 12 heavy (non-hydrogen) atoms. The van der Waals surface area contributed by atoms with Crippen LogP contribution < -0.4 is 4.74 Å². The van der Waals surface area contributed by atoms with Crippen molar-refractivity contribution >= 4 is 5.78 Å². The van der Waals surface area contributed by atoms with Crippen LogP contribution in [0.3, 0.4) is 0 Å². The molecule has 61 valence electrons. The van der Waals surface area contributed by atoms with Crippen molar-refractivity contribution in [2.45, 2.75) is 12.5 Å². The zero-order chi connectivity index (χ0) is 8.55. The molecule has 0 saturated heterocycles. The van der Waals surface area contributed by atoms with E-state index in [1.807, 2.05) is 12.1 Å². The van der Waals surface area contributed by atoms with Gasteiger partial charge in [0.05, 0.1) is 5.56 Å². The number of hydrogen-bond acceptors (Lipinski definition) is 2. The Hall–Kier alpha value is -1.31. The van der Waals surface area contributed by atoms with E-state index in [4.69, 9.17) is 4.74 Å². The predicted octanol–water partition coefficient (Wildman–Crippen LogP) is 1.85. The summed E-state index contributed by atoms with van der Waals surface area (Å²) in [6.07, 6.45) is 0.157. The standard InChI is InChI=1S/C10H9O2/c1-7-6-9(11)8-4-2-3-5-10(8)12-7/h2-5,7H,1,6H2. The number of carbonyl (C=O) groups excluding carboxylic acids is 1. The van der Waals surface area contributed by atoms with E-state index in [0.717, 1.165) is 0 Å². The number of ether oxygens (including phenoxy) is 1. The summed E-state index contributed by atoms with van der Waals surface area (Å²) < 4.78 is 5.37. The zero-order valence-corrected chi connectivity index (χ0v) is 6.62. The summed E-state index contributed by atoms with van der Waals surface area (Å²) in [5.74, 6) is 0.783. The Kier molecular flexibility index (Phi) is 1.61. The van der Waals surface area contributed by atoms with Crippen LogP contribution in [-0.2, 0) is 0 Å². The molecule has 0 saturated carbocycles. The fourth-order valence-corrected chi connectivity index (χ4v) is 1.34. The highest BCUT2D eigenvalue weighted by Gasteiger charge is 2.22. The van der Waals surface area contributed by atoms with Crippen molar-refractivity contribution in [3.63, 3.8) is 0 Å². The summed E-state index contributed by atoms with van der Waals surface area (Å²) in [4.78, 5) is 11.4. The SMILES string of the molecule is [CH2]C1CC(=O)c2ccccc2O1. The van der Waals surface area contributed by atoms with Gasteiger partial charge in [-0.2, -0.15) is 0 Å². The molecule has 1 unspecified atom stereocenters. The van der Waals surface area contributed by atoms with Gasteiger partial charge >= 0.3 is 0 Å². The summed E-state index contributed by atoms with van der Waals surface area (Å²) in [5, 5.41) is 0. The minimum Gasteiger partial charge on any atom is -0.489 e. The van der Waals surface area contributed by atoms with Crippen LogP contribution in [0.5, 0.6) is 5.75 Å². The molecule has 1 atom stereocenters. The lowest BCUT2D eigenvalue weighted by Crippen LogP contribution is -2.23. The molecule has 2 rings (SSSR count). The normalized spacial score (nSPS) is 21.4. The van der Waals surface area contributed by atoms with Gasteiger partial charge in [-0.15, -0.1) is 0 Å². The first-order valence-electron chi connectivity index (χ1n) is 3.89. The molecule has 1 heterocycles. The minimum atomic E-state index is -0.229. The third-order valence-corrected chi connectivity index (χ3v) is 1.89. The van der Waals surface area contributed by atoms with Crippen LogP contribution in [0.4, 0.5) is 0 Å². The third kappa shape index (κ3) is 1.09. The zero-order valence-electron chi connectivity index (χ0n) is 6.62. The highest BCUT2D eigenvalue weighted by molar-refractivity contribution is 5.99. The molecule has 2 nitrogen and oxygen atoms in total. The van der Waals surface area contributed by atoms with E-state index in [9.17, 15) is 4.79 Å². The second-order valence-corrected chi connectivity index (χ2v) is 2.86. The molecule has 0 aliphatic carbocycles. The van der Waals surface area contributed by atoms with E-state index in [1.165, 1.54) is 0 Å². The summed E-state index contributed by atoms with van der Waals surface area (Å²) >= 11 is 0. The molecule has 0 N–H and O–H groups in total. The maximum absolute atomic E-state index is 11.4. The van der Waals surface area contributed by atoms with Gasteiger partial charge in [-0.1, -0.05) is 12.1 Å². The first-order valence-corrected chi connectivity index (χ1v) is 3.89. The number of benzene rings is 1. The van der Waals surface area contributed by atoms with E-state index in [1.54, 1.807) is 12.1 Å². The average Bonchev–Trinajstić information content (AvgIpc) is 2.04. The largest absolute Gasteiger partial charge is 0.489 e.